The average molecular weight is 343 g/mol. The lowest BCUT2D eigenvalue weighted by molar-refractivity contribution is 0.0934. The third-order valence-corrected chi connectivity index (χ3v) is 4.70. The van der Waals surface area contributed by atoms with E-state index in [-0.39, 0.29) is 11.9 Å². The van der Waals surface area contributed by atoms with Gasteiger partial charge >= 0.3 is 0 Å². The van der Waals surface area contributed by atoms with E-state index in [1.165, 1.54) is 5.56 Å². The summed E-state index contributed by atoms with van der Waals surface area (Å²) in [6.45, 7) is 2.10. The monoisotopic (exact) mass is 343 g/mol. The number of benzene rings is 3. The zero-order chi connectivity index (χ0) is 18.2. The van der Waals surface area contributed by atoms with Gasteiger partial charge in [0.05, 0.1) is 6.04 Å². The molecule has 2 nitrogen and oxygen atoms in total. The number of carbonyl (C=O) groups is 1. The Bertz CT molecular complexity index is 827. The van der Waals surface area contributed by atoms with Crippen LogP contribution >= 0.6 is 0 Å². The second-order valence-corrected chi connectivity index (χ2v) is 6.49. The molecule has 1 unspecified atom stereocenters. The van der Waals surface area contributed by atoms with E-state index in [9.17, 15) is 4.79 Å². The molecule has 1 N–H and O–H groups in total. The molecule has 0 bridgehead atoms. The molecule has 0 aliphatic carbocycles. The third-order valence-electron chi connectivity index (χ3n) is 4.70. The van der Waals surface area contributed by atoms with E-state index in [1.807, 2.05) is 42.5 Å². The van der Waals surface area contributed by atoms with Gasteiger partial charge in [-0.2, -0.15) is 0 Å². The summed E-state index contributed by atoms with van der Waals surface area (Å²) in [6.07, 6.45) is 2.65. The molecule has 1 amide bonds. The van der Waals surface area contributed by atoms with Crippen molar-refractivity contribution >= 4 is 5.91 Å². The maximum absolute atomic E-state index is 12.9. The van der Waals surface area contributed by atoms with Crippen molar-refractivity contribution < 1.29 is 4.79 Å². The molecule has 3 aromatic rings. The average Bonchev–Trinajstić information content (AvgIpc) is 2.72. The largest absolute Gasteiger partial charge is 0.345 e. The van der Waals surface area contributed by atoms with Crippen LogP contribution in [0, 0.1) is 0 Å². The Hall–Kier alpha value is -2.87. The first kappa shape index (κ1) is 17.9. The van der Waals surface area contributed by atoms with Gasteiger partial charge in [-0.25, -0.2) is 0 Å². The Morgan fingerprint density at radius 3 is 2.12 bits per heavy atom. The van der Waals surface area contributed by atoms with Gasteiger partial charge in [-0.3, -0.25) is 4.79 Å². The van der Waals surface area contributed by atoms with Gasteiger partial charge < -0.3 is 5.32 Å². The molecule has 0 saturated carbocycles. The van der Waals surface area contributed by atoms with Gasteiger partial charge in [-0.1, -0.05) is 85.8 Å². The maximum atomic E-state index is 12.9. The summed E-state index contributed by atoms with van der Waals surface area (Å²) in [5, 5.41) is 3.20. The molecule has 2 heteroatoms. The van der Waals surface area contributed by atoms with E-state index < -0.39 is 0 Å². The number of carbonyl (C=O) groups excluding carboxylic acids is 1. The van der Waals surface area contributed by atoms with E-state index in [0.29, 0.717) is 0 Å². The summed E-state index contributed by atoms with van der Waals surface area (Å²) in [7, 11) is 0. The highest BCUT2D eigenvalue weighted by molar-refractivity contribution is 5.96. The summed E-state index contributed by atoms with van der Waals surface area (Å²) in [5.74, 6) is 0.00404. The van der Waals surface area contributed by atoms with E-state index in [4.69, 9.17) is 0 Å². The fourth-order valence-corrected chi connectivity index (χ4v) is 3.23. The predicted octanol–water partition coefficient (Wildman–Crippen LogP) is 5.35. The first-order chi connectivity index (χ1) is 12.8. The fourth-order valence-electron chi connectivity index (χ4n) is 3.23. The third kappa shape index (κ3) is 4.60. The minimum absolute atomic E-state index is 0.00404. The summed E-state index contributed by atoms with van der Waals surface area (Å²) >= 11 is 0. The number of amides is 1. The molecule has 0 fully saturated rings. The van der Waals surface area contributed by atoms with Crippen molar-refractivity contribution in [3.05, 3.63) is 107 Å². The van der Waals surface area contributed by atoms with E-state index in [0.717, 1.165) is 36.0 Å². The maximum Gasteiger partial charge on any atom is 0.252 e. The molecule has 132 valence electrons. The Morgan fingerprint density at radius 1 is 0.808 bits per heavy atom. The van der Waals surface area contributed by atoms with Gasteiger partial charge in [-0.05, 0) is 42.0 Å². The van der Waals surface area contributed by atoms with Crippen molar-refractivity contribution in [2.75, 3.05) is 0 Å². The molecule has 0 aromatic heterocycles. The summed E-state index contributed by atoms with van der Waals surface area (Å²) < 4.78 is 0. The van der Waals surface area contributed by atoms with Gasteiger partial charge in [0.25, 0.3) is 5.91 Å². The number of hydrogen-bond donors (Lipinski definition) is 1. The standard InChI is InChI=1S/C24H25NO/c1-2-23(21-14-7-4-8-15-21)25-24(26)22-16-10-9-13-20(22)18-17-19-11-5-3-6-12-19/h3-16,23H,2,17-18H2,1H3,(H,25,26). The van der Waals surface area contributed by atoms with Crippen LogP contribution in [0.2, 0.25) is 0 Å². The van der Waals surface area contributed by atoms with Crippen LogP contribution in [0.15, 0.2) is 84.9 Å². The second-order valence-electron chi connectivity index (χ2n) is 6.49. The molecule has 26 heavy (non-hydrogen) atoms. The lowest BCUT2D eigenvalue weighted by atomic mass is 9.98. The molecule has 0 saturated heterocycles. The zero-order valence-electron chi connectivity index (χ0n) is 15.2. The summed E-state index contributed by atoms with van der Waals surface area (Å²) in [4.78, 5) is 12.9. The number of rotatable bonds is 7. The van der Waals surface area contributed by atoms with Crippen LogP contribution in [0.1, 0.15) is 46.4 Å². The molecule has 0 radical (unpaired) electrons. The Morgan fingerprint density at radius 2 is 1.42 bits per heavy atom. The normalized spacial score (nSPS) is 11.7. The van der Waals surface area contributed by atoms with Crippen LogP contribution in [0.25, 0.3) is 0 Å². The highest BCUT2D eigenvalue weighted by Crippen LogP contribution is 2.19. The first-order valence-electron chi connectivity index (χ1n) is 9.25. The van der Waals surface area contributed by atoms with E-state index >= 15 is 0 Å². The van der Waals surface area contributed by atoms with Crippen LogP contribution in [0.4, 0.5) is 0 Å². The Balaban J connectivity index is 1.73. The van der Waals surface area contributed by atoms with Crippen molar-refractivity contribution in [1.29, 1.82) is 0 Å². The fraction of sp³-hybridized carbons (Fsp3) is 0.208. The SMILES string of the molecule is CCC(NC(=O)c1ccccc1CCc1ccccc1)c1ccccc1. The molecule has 1 atom stereocenters. The highest BCUT2D eigenvalue weighted by Gasteiger charge is 2.16. The number of nitrogens with one attached hydrogen (secondary N) is 1. The lowest BCUT2D eigenvalue weighted by Crippen LogP contribution is -2.29. The molecular formula is C24H25NO. The number of hydrogen-bond acceptors (Lipinski definition) is 1. The first-order valence-corrected chi connectivity index (χ1v) is 9.25. The quantitative estimate of drug-likeness (QED) is 0.615. The minimum Gasteiger partial charge on any atom is -0.345 e. The molecule has 3 aromatic carbocycles. The lowest BCUT2D eigenvalue weighted by Gasteiger charge is -2.18. The molecule has 3 rings (SSSR count). The molecule has 0 aliphatic rings. The van der Waals surface area contributed by atoms with Crippen LogP contribution < -0.4 is 5.32 Å². The van der Waals surface area contributed by atoms with E-state index in [1.54, 1.807) is 0 Å². The van der Waals surface area contributed by atoms with Crippen molar-refractivity contribution in [1.82, 2.24) is 5.32 Å². The second kappa shape index (κ2) is 9.00. The van der Waals surface area contributed by atoms with Gasteiger partial charge in [0.2, 0.25) is 0 Å². The number of aryl methyl sites for hydroxylation is 2. The predicted molar refractivity (Wildman–Crippen MR) is 107 cm³/mol. The van der Waals surface area contributed by atoms with Crippen LogP contribution in [0.5, 0.6) is 0 Å². The molecular weight excluding hydrogens is 318 g/mol. The molecule has 0 aliphatic heterocycles. The van der Waals surface area contributed by atoms with Crippen LogP contribution in [-0.2, 0) is 12.8 Å². The highest BCUT2D eigenvalue weighted by atomic mass is 16.1. The van der Waals surface area contributed by atoms with Gasteiger partial charge in [0.15, 0.2) is 0 Å². The minimum atomic E-state index is 0.00404. The van der Waals surface area contributed by atoms with Crippen molar-refractivity contribution in [2.24, 2.45) is 0 Å². The summed E-state index contributed by atoms with van der Waals surface area (Å²) in [5.41, 5.74) is 4.30. The zero-order valence-corrected chi connectivity index (χ0v) is 15.2. The Kier molecular flexibility index (Phi) is 6.21. The Labute approximate surface area is 155 Å². The molecule has 0 heterocycles. The van der Waals surface area contributed by atoms with Crippen molar-refractivity contribution in [3.63, 3.8) is 0 Å². The van der Waals surface area contributed by atoms with Crippen molar-refractivity contribution in [2.45, 2.75) is 32.2 Å². The van der Waals surface area contributed by atoms with E-state index in [2.05, 4.69) is 54.7 Å². The van der Waals surface area contributed by atoms with Gasteiger partial charge in [0, 0.05) is 5.56 Å². The molecule has 0 spiro atoms. The van der Waals surface area contributed by atoms with Gasteiger partial charge in [0.1, 0.15) is 0 Å². The van der Waals surface area contributed by atoms with Crippen LogP contribution in [0.3, 0.4) is 0 Å². The summed E-state index contributed by atoms with van der Waals surface area (Å²) in [6, 6.07) is 28.5. The van der Waals surface area contributed by atoms with Crippen molar-refractivity contribution in [3.8, 4) is 0 Å². The van der Waals surface area contributed by atoms with Gasteiger partial charge in [-0.15, -0.1) is 0 Å². The smallest absolute Gasteiger partial charge is 0.252 e. The van der Waals surface area contributed by atoms with Crippen LogP contribution in [-0.4, -0.2) is 5.91 Å². The topological polar surface area (TPSA) is 29.1 Å².